The van der Waals surface area contributed by atoms with E-state index in [1.165, 1.54) is 14.0 Å². The molecule has 4 bridgehead atoms. The van der Waals surface area contributed by atoms with Gasteiger partial charge in [-0.05, 0) is 25.0 Å². The third kappa shape index (κ3) is 1.87. The van der Waals surface area contributed by atoms with Crippen LogP contribution in [0.3, 0.4) is 0 Å². The molecule has 3 saturated heterocycles. The lowest BCUT2D eigenvalue weighted by Gasteiger charge is -2.64. The van der Waals surface area contributed by atoms with E-state index in [9.17, 15) is 14.7 Å². The Labute approximate surface area is 180 Å². The van der Waals surface area contributed by atoms with Gasteiger partial charge in [-0.1, -0.05) is 17.7 Å². The molecule has 8 heteroatoms. The van der Waals surface area contributed by atoms with E-state index in [4.69, 9.17) is 14.2 Å². The number of hydrogen-bond acceptors (Lipinski definition) is 8. The summed E-state index contributed by atoms with van der Waals surface area (Å²) in [7, 11) is 1.39. The van der Waals surface area contributed by atoms with Crippen molar-refractivity contribution in [1.29, 1.82) is 0 Å². The molecule has 6 rings (SSSR count). The molecule has 4 heterocycles. The number of nitrogens with zero attached hydrogens (tertiary/aromatic N) is 1. The van der Waals surface area contributed by atoms with Gasteiger partial charge in [-0.25, -0.2) is 0 Å². The molecule has 6 atom stereocenters. The number of allylic oxidation sites excluding steroid dienone is 1. The number of rotatable bonds is 3. The number of piperidine rings is 2. The molecule has 0 amide bonds. The summed E-state index contributed by atoms with van der Waals surface area (Å²) in [6.45, 7) is 3.98. The van der Waals surface area contributed by atoms with Crippen molar-refractivity contribution in [2.75, 3.05) is 25.6 Å². The number of esters is 2. The number of phenolic OH excluding ortho intramolecular Hbond substituents is 1. The largest absolute Gasteiger partial charge is 0.508 e. The Morgan fingerprint density at radius 2 is 2.23 bits per heavy atom. The number of methoxy groups -OCH3 is 1. The van der Waals surface area contributed by atoms with E-state index in [-0.39, 0.29) is 36.5 Å². The van der Waals surface area contributed by atoms with Crippen molar-refractivity contribution in [1.82, 2.24) is 4.90 Å². The van der Waals surface area contributed by atoms with E-state index in [0.29, 0.717) is 19.4 Å². The molecular formula is C23H26N2O6. The minimum absolute atomic E-state index is 0.0598. The van der Waals surface area contributed by atoms with E-state index in [0.717, 1.165) is 16.8 Å². The summed E-state index contributed by atoms with van der Waals surface area (Å²) in [5, 5.41) is 13.7. The molecule has 8 nitrogen and oxygen atoms in total. The maximum absolute atomic E-state index is 13.8. The second-order valence-electron chi connectivity index (χ2n) is 9.36. The van der Waals surface area contributed by atoms with Gasteiger partial charge in [0.15, 0.2) is 5.72 Å². The Kier molecular flexibility index (Phi) is 3.58. The summed E-state index contributed by atoms with van der Waals surface area (Å²) in [4.78, 5) is 28.2. The number of nitrogens with one attached hydrogen (secondary N) is 1. The summed E-state index contributed by atoms with van der Waals surface area (Å²) in [6.07, 6.45) is 3.20. The molecule has 0 aromatic heterocycles. The van der Waals surface area contributed by atoms with Crippen LogP contribution < -0.4 is 5.32 Å². The molecule has 2 N–H and O–H groups in total. The number of hydrogen-bond donors (Lipinski definition) is 2. The van der Waals surface area contributed by atoms with Crippen LogP contribution in [0.1, 0.15) is 32.3 Å². The fourth-order valence-corrected chi connectivity index (χ4v) is 7.56. The maximum atomic E-state index is 13.8. The fourth-order valence-electron chi connectivity index (χ4n) is 7.56. The molecule has 1 aromatic rings. The Morgan fingerprint density at radius 3 is 2.94 bits per heavy atom. The van der Waals surface area contributed by atoms with E-state index >= 15 is 0 Å². The van der Waals surface area contributed by atoms with Gasteiger partial charge in [-0.2, -0.15) is 0 Å². The quantitative estimate of drug-likeness (QED) is 0.559. The predicted octanol–water partition coefficient (Wildman–Crippen LogP) is 1.88. The summed E-state index contributed by atoms with van der Waals surface area (Å²) < 4.78 is 17.8. The Hall–Kier alpha value is -2.58. The molecular weight excluding hydrogens is 400 g/mol. The highest BCUT2D eigenvalue weighted by Crippen LogP contribution is 2.76. The van der Waals surface area contributed by atoms with Crippen LogP contribution in [-0.2, 0) is 29.2 Å². The fraction of sp³-hybridized carbons (Fsp3) is 0.565. The van der Waals surface area contributed by atoms with E-state index < -0.39 is 22.5 Å². The average molecular weight is 426 g/mol. The van der Waals surface area contributed by atoms with Crippen LogP contribution in [0.2, 0.25) is 0 Å². The molecule has 164 valence electrons. The van der Waals surface area contributed by atoms with E-state index in [1.54, 1.807) is 12.1 Å². The first-order valence-corrected chi connectivity index (χ1v) is 10.8. The second-order valence-corrected chi connectivity index (χ2v) is 9.36. The first-order chi connectivity index (χ1) is 14.8. The minimum atomic E-state index is -1.15. The minimum Gasteiger partial charge on any atom is -0.508 e. The summed E-state index contributed by atoms with van der Waals surface area (Å²) in [6, 6.07) is 5.27. The molecule has 4 aliphatic heterocycles. The van der Waals surface area contributed by atoms with Crippen molar-refractivity contribution >= 4 is 17.6 Å². The van der Waals surface area contributed by atoms with E-state index in [1.807, 2.05) is 13.0 Å². The summed E-state index contributed by atoms with van der Waals surface area (Å²) >= 11 is 0. The van der Waals surface area contributed by atoms with Gasteiger partial charge in [0.05, 0.1) is 18.6 Å². The van der Waals surface area contributed by atoms with Crippen molar-refractivity contribution in [3.63, 3.8) is 0 Å². The Morgan fingerprint density at radius 1 is 1.42 bits per heavy atom. The molecule has 4 fully saturated rings. The first kappa shape index (κ1) is 19.1. The van der Waals surface area contributed by atoms with Crippen LogP contribution in [0.15, 0.2) is 29.8 Å². The van der Waals surface area contributed by atoms with Gasteiger partial charge >= 0.3 is 11.9 Å². The smallest absolute Gasteiger partial charge is 0.317 e. The zero-order valence-electron chi connectivity index (χ0n) is 17.8. The summed E-state index contributed by atoms with van der Waals surface area (Å²) in [5.74, 6) is -0.827. The van der Waals surface area contributed by atoms with Gasteiger partial charge in [-0.3, -0.25) is 14.5 Å². The van der Waals surface area contributed by atoms with Crippen molar-refractivity contribution in [2.45, 2.75) is 50.1 Å². The third-order valence-corrected chi connectivity index (χ3v) is 8.51. The molecule has 5 aliphatic rings. The Bertz CT molecular complexity index is 1050. The van der Waals surface area contributed by atoms with Crippen molar-refractivity contribution < 1.29 is 28.9 Å². The number of fused-ring (bicyclic) bond motifs is 4. The van der Waals surface area contributed by atoms with Crippen LogP contribution in [0.25, 0.3) is 0 Å². The third-order valence-electron chi connectivity index (χ3n) is 8.51. The van der Waals surface area contributed by atoms with Crippen molar-refractivity contribution in [2.24, 2.45) is 11.3 Å². The van der Waals surface area contributed by atoms with Gasteiger partial charge in [0, 0.05) is 37.6 Å². The lowest BCUT2D eigenvalue weighted by Crippen LogP contribution is -2.78. The molecule has 1 aromatic carbocycles. The lowest BCUT2D eigenvalue weighted by atomic mass is 9.42. The van der Waals surface area contributed by atoms with Gasteiger partial charge < -0.3 is 24.6 Å². The predicted molar refractivity (Wildman–Crippen MR) is 109 cm³/mol. The van der Waals surface area contributed by atoms with Crippen LogP contribution in [0.5, 0.6) is 5.75 Å². The van der Waals surface area contributed by atoms with Crippen molar-refractivity contribution in [3.05, 3.63) is 35.4 Å². The van der Waals surface area contributed by atoms with Gasteiger partial charge in [0.2, 0.25) is 0 Å². The first-order valence-electron chi connectivity index (χ1n) is 10.8. The highest BCUT2D eigenvalue weighted by atomic mass is 16.6. The Balaban J connectivity index is 1.69. The number of ether oxygens (including phenoxy) is 3. The van der Waals surface area contributed by atoms with Crippen molar-refractivity contribution in [3.8, 4) is 5.75 Å². The number of carbonyl (C=O) groups is 2. The monoisotopic (exact) mass is 426 g/mol. The van der Waals surface area contributed by atoms with Crippen LogP contribution in [0.4, 0.5) is 5.69 Å². The standard InChI is InChI=1S/C23H26N2O6/c1-4-13-10-25-18-8-16(13)21(20(28)29-3,11-30-12(2)26)22-9-19(25)31-23(18,22)24-17-7-14(27)5-6-15(17)22/h4-7,16,18-19,24,27H,8-11H2,1-3H3/t16-,18-,19-,21?,22-,23-/m0/s1. The normalized spacial score (nSPS) is 42.3. The molecule has 31 heavy (non-hydrogen) atoms. The second kappa shape index (κ2) is 5.81. The number of carbonyl (C=O) groups excluding carboxylic acids is 2. The zero-order chi connectivity index (χ0) is 21.8. The lowest BCUT2D eigenvalue weighted by molar-refractivity contribution is -0.196. The molecule has 1 saturated carbocycles. The number of phenols is 1. The van der Waals surface area contributed by atoms with Crippen LogP contribution in [0, 0.1) is 11.3 Å². The number of aromatic hydroxyl groups is 1. The van der Waals surface area contributed by atoms with E-state index in [2.05, 4.69) is 16.3 Å². The molecule has 0 radical (unpaired) electrons. The van der Waals surface area contributed by atoms with Gasteiger partial charge in [0.25, 0.3) is 0 Å². The topological polar surface area (TPSA) is 97.3 Å². The number of benzene rings is 1. The zero-order valence-corrected chi connectivity index (χ0v) is 17.8. The highest BCUT2D eigenvalue weighted by Gasteiger charge is 2.87. The highest BCUT2D eigenvalue weighted by molar-refractivity contribution is 5.86. The van der Waals surface area contributed by atoms with Gasteiger partial charge in [-0.15, -0.1) is 0 Å². The number of anilines is 1. The molecule has 1 aliphatic carbocycles. The SMILES string of the molecule is CC=C1CN2[C@@H]3C[C@@]45c6ccc(O)cc6N[C@]4(O3)[C@@H]2C[C@@H]1C5(COC(C)=O)C(=O)OC. The molecule has 1 unspecified atom stereocenters. The average Bonchev–Trinajstić information content (AvgIpc) is 3.34. The maximum Gasteiger partial charge on any atom is 0.317 e. The van der Waals surface area contributed by atoms with Crippen LogP contribution in [-0.4, -0.2) is 60.2 Å². The molecule has 1 spiro atoms. The summed E-state index contributed by atoms with van der Waals surface area (Å²) in [5.41, 5.74) is 0.0158. The van der Waals surface area contributed by atoms with Crippen LogP contribution >= 0.6 is 0 Å². The van der Waals surface area contributed by atoms with Gasteiger partial charge in [0.1, 0.15) is 24.0 Å².